The fourth-order valence-corrected chi connectivity index (χ4v) is 6.97. The molecule has 3 fully saturated rings. The molecule has 0 bridgehead atoms. The van der Waals surface area contributed by atoms with Gasteiger partial charge in [0.1, 0.15) is 0 Å². The van der Waals surface area contributed by atoms with Crippen LogP contribution in [0.25, 0.3) is 0 Å². The summed E-state index contributed by atoms with van der Waals surface area (Å²) < 4.78 is 40.1. The first-order valence-electron chi connectivity index (χ1n) is 12.5. The first kappa shape index (κ1) is 26.8. The summed E-state index contributed by atoms with van der Waals surface area (Å²) in [5, 5.41) is 13.8. The average molecular weight is 530 g/mol. The van der Waals surface area contributed by atoms with Crippen molar-refractivity contribution in [2.45, 2.75) is 67.8 Å². The van der Waals surface area contributed by atoms with E-state index in [9.17, 15) is 18.3 Å². The number of piperidine rings is 1. The summed E-state index contributed by atoms with van der Waals surface area (Å²) >= 11 is 5.94. The lowest BCUT2D eigenvalue weighted by Crippen LogP contribution is -2.57. The molecule has 11 heteroatoms. The number of halogens is 1. The van der Waals surface area contributed by atoms with Crippen molar-refractivity contribution < 1.29 is 27.8 Å². The van der Waals surface area contributed by atoms with Crippen LogP contribution < -0.4 is 5.32 Å². The first-order valence-corrected chi connectivity index (χ1v) is 14.3. The number of hydrogen-bond acceptors (Lipinski definition) is 7. The van der Waals surface area contributed by atoms with Crippen LogP contribution in [0.15, 0.2) is 29.2 Å². The van der Waals surface area contributed by atoms with Gasteiger partial charge in [0.05, 0.1) is 48.9 Å². The molecule has 2 N–H and O–H groups in total. The van der Waals surface area contributed by atoms with Gasteiger partial charge in [0, 0.05) is 24.7 Å². The Labute approximate surface area is 212 Å². The van der Waals surface area contributed by atoms with E-state index in [0.29, 0.717) is 24.4 Å². The molecule has 196 valence electrons. The Kier molecular flexibility index (Phi) is 9.42. The molecule has 3 saturated heterocycles. The molecule has 1 aromatic rings. The zero-order valence-corrected chi connectivity index (χ0v) is 21.6. The molecular formula is C24H36ClN3O6S. The zero-order valence-electron chi connectivity index (χ0n) is 20.0. The van der Waals surface area contributed by atoms with Gasteiger partial charge in [0.25, 0.3) is 0 Å². The fraction of sp³-hybridized carbons (Fsp3) is 0.708. The lowest BCUT2D eigenvalue weighted by atomic mass is 9.96. The van der Waals surface area contributed by atoms with Crippen LogP contribution in [-0.4, -0.2) is 98.9 Å². The number of nitrogens with one attached hydrogen (secondary N) is 1. The lowest BCUT2D eigenvalue weighted by molar-refractivity contribution is -0.146. The Hall–Kier alpha value is -1.27. The SMILES string of the molecule is O=C(C[C@@H]1CC[C@@H]2[C@H](COC[C@@H](O)CN2S(=O)(=O)c2ccc(Cl)cc2)O1)NCCN1CCCCC1. The highest BCUT2D eigenvalue weighted by atomic mass is 35.5. The number of aliphatic hydroxyl groups excluding tert-OH is 1. The maximum absolute atomic E-state index is 13.5. The minimum atomic E-state index is -3.89. The van der Waals surface area contributed by atoms with Crippen LogP contribution in [0.4, 0.5) is 0 Å². The Morgan fingerprint density at radius 3 is 2.60 bits per heavy atom. The Morgan fingerprint density at radius 2 is 1.86 bits per heavy atom. The second kappa shape index (κ2) is 12.3. The van der Waals surface area contributed by atoms with Gasteiger partial charge in [-0.1, -0.05) is 18.0 Å². The van der Waals surface area contributed by atoms with Gasteiger partial charge in [-0.15, -0.1) is 0 Å². The molecule has 0 radical (unpaired) electrons. The minimum absolute atomic E-state index is 0.0148. The molecule has 1 amide bonds. The number of nitrogens with zero attached hydrogens (tertiary/aromatic N) is 2. The summed E-state index contributed by atoms with van der Waals surface area (Å²) in [7, 11) is -3.89. The molecule has 3 heterocycles. The summed E-state index contributed by atoms with van der Waals surface area (Å²) in [6.07, 6.45) is 3.24. The standard InChI is InChI=1S/C24H36ClN3O6S/c25-18-4-7-21(8-5-18)35(31,32)28-15-19(29)16-33-17-23-22(28)9-6-20(34-23)14-24(30)26-10-13-27-11-2-1-3-12-27/h4-5,7-8,19-20,22-23,29H,1-3,6,9-17H2,(H,26,30)/t19-,20-,22+,23-/m0/s1. The molecule has 3 aliphatic rings. The summed E-state index contributed by atoms with van der Waals surface area (Å²) in [4.78, 5) is 15.0. The van der Waals surface area contributed by atoms with Crippen molar-refractivity contribution in [2.24, 2.45) is 0 Å². The van der Waals surface area contributed by atoms with E-state index in [-0.39, 0.29) is 43.1 Å². The number of sulfonamides is 1. The minimum Gasteiger partial charge on any atom is -0.389 e. The molecule has 0 spiro atoms. The van der Waals surface area contributed by atoms with Crippen molar-refractivity contribution in [3.63, 3.8) is 0 Å². The van der Waals surface area contributed by atoms with Gasteiger partial charge in [0.15, 0.2) is 0 Å². The second-order valence-electron chi connectivity index (χ2n) is 9.62. The number of rotatable bonds is 7. The largest absolute Gasteiger partial charge is 0.389 e. The van der Waals surface area contributed by atoms with Crippen LogP contribution in [0.2, 0.25) is 5.02 Å². The van der Waals surface area contributed by atoms with Crippen molar-refractivity contribution in [3.8, 4) is 0 Å². The van der Waals surface area contributed by atoms with Gasteiger partial charge >= 0.3 is 0 Å². The van der Waals surface area contributed by atoms with E-state index in [1.54, 1.807) is 0 Å². The van der Waals surface area contributed by atoms with Gasteiger partial charge in [0.2, 0.25) is 15.9 Å². The molecule has 0 aromatic heterocycles. The summed E-state index contributed by atoms with van der Waals surface area (Å²) in [6, 6.07) is 5.51. The average Bonchev–Trinajstić information content (AvgIpc) is 2.83. The van der Waals surface area contributed by atoms with Gasteiger partial charge < -0.3 is 24.8 Å². The Bertz CT molecular complexity index is 941. The molecule has 3 aliphatic heterocycles. The van der Waals surface area contributed by atoms with Gasteiger partial charge in [-0.3, -0.25) is 4.79 Å². The van der Waals surface area contributed by atoms with Crippen LogP contribution >= 0.6 is 11.6 Å². The monoisotopic (exact) mass is 529 g/mol. The number of carbonyl (C=O) groups is 1. The molecule has 4 rings (SSSR count). The number of likely N-dealkylation sites (tertiary alicyclic amines) is 1. The smallest absolute Gasteiger partial charge is 0.243 e. The van der Waals surface area contributed by atoms with Crippen LogP contribution in [0.1, 0.15) is 38.5 Å². The molecule has 0 unspecified atom stereocenters. The van der Waals surface area contributed by atoms with E-state index in [1.807, 2.05) is 0 Å². The Morgan fingerprint density at radius 1 is 1.11 bits per heavy atom. The van der Waals surface area contributed by atoms with Crippen molar-refractivity contribution in [1.29, 1.82) is 0 Å². The van der Waals surface area contributed by atoms with E-state index in [4.69, 9.17) is 21.1 Å². The van der Waals surface area contributed by atoms with Gasteiger partial charge in [-0.2, -0.15) is 4.31 Å². The van der Waals surface area contributed by atoms with E-state index >= 15 is 0 Å². The third-order valence-electron chi connectivity index (χ3n) is 6.97. The molecule has 1 aromatic carbocycles. The highest BCUT2D eigenvalue weighted by Gasteiger charge is 2.43. The van der Waals surface area contributed by atoms with Gasteiger partial charge in [-0.25, -0.2) is 8.42 Å². The number of benzene rings is 1. The molecular weight excluding hydrogens is 494 g/mol. The fourth-order valence-electron chi connectivity index (χ4n) is 5.13. The summed E-state index contributed by atoms with van der Waals surface area (Å²) in [5.41, 5.74) is 0. The number of ether oxygens (including phenoxy) is 2. The maximum Gasteiger partial charge on any atom is 0.243 e. The van der Waals surface area contributed by atoms with Crippen LogP contribution in [0.5, 0.6) is 0 Å². The lowest BCUT2D eigenvalue weighted by Gasteiger charge is -2.43. The number of carbonyl (C=O) groups excluding carboxylic acids is 1. The number of aliphatic hydroxyl groups is 1. The summed E-state index contributed by atoms with van der Waals surface area (Å²) in [5.74, 6) is -0.0571. The zero-order chi connectivity index (χ0) is 24.8. The third-order valence-corrected chi connectivity index (χ3v) is 9.12. The maximum atomic E-state index is 13.5. The molecule has 4 atom stereocenters. The highest BCUT2D eigenvalue weighted by Crippen LogP contribution is 2.31. The molecule has 0 saturated carbocycles. The van der Waals surface area contributed by atoms with Crippen molar-refractivity contribution in [1.82, 2.24) is 14.5 Å². The second-order valence-corrected chi connectivity index (χ2v) is 11.9. The summed E-state index contributed by atoms with van der Waals surface area (Å²) in [6.45, 7) is 3.74. The number of fused-ring (bicyclic) bond motifs is 1. The number of β-amino-alcohol motifs (C(OH)–C–C–N with tert-alkyl or cyclic N) is 1. The quantitative estimate of drug-likeness (QED) is 0.552. The number of amides is 1. The predicted molar refractivity (Wildman–Crippen MR) is 132 cm³/mol. The van der Waals surface area contributed by atoms with Crippen LogP contribution in [0, 0.1) is 0 Å². The normalized spacial score (nSPS) is 29.1. The third kappa shape index (κ3) is 7.15. The van der Waals surface area contributed by atoms with Crippen molar-refractivity contribution in [3.05, 3.63) is 29.3 Å². The van der Waals surface area contributed by atoms with Crippen molar-refractivity contribution in [2.75, 3.05) is 45.9 Å². The van der Waals surface area contributed by atoms with E-state index < -0.39 is 28.3 Å². The molecule has 35 heavy (non-hydrogen) atoms. The van der Waals surface area contributed by atoms with E-state index in [0.717, 1.165) is 19.6 Å². The van der Waals surface area contributed by atoms with Gasteiger partial charge in [-0.05, 0) is 63.0 Å². The van der Waals surface area contributed by atoms with E-state index in [1.165, 1.54) is 47.8 Å². The molecule has 0 aliphatic carbocycles. The predicted octanol–water partition coefficient (Wildman–Crippen LogP) is 1.63. The Balaban J connectivity index is 1.36. The topological polar surface area (TPSA) is 108 Å². The van der Waals surface area contributed by atoms with E-state index in [2.05, 4.69) is 10.2 Å². The number of hydrogen-bond donors (Lipinski definition) is 2. The van der Waals surface area contributed by atoms with Crippen molar-refractivity contribution >= 4 is 27.5 Å². The van der Waals surface area contributed by atoms with Crippen LogP contribution in [-0.2, 0) is 24.3 Å². The molecule has 9 nitrogen and oxygen atoms in total. The highest BCUT2D eigenvalue weighted by molar-refractivity contribution is 7.89. The first-order chi connectivity index (χ1) is 16.8. The van der Waals surface area contributed by atoms with Crippen LogP contribution in [0.3, 0.4) is 0 Å².